The maximum Gasteiger partial charge on any atom is 0.251 e. The van der Waals surface area contributed by atoms with Crippen LogP contribution in [0.2, 0.25) is 0 Å². The number of aryl methyl sites for hydroxylation is 1. The summed E-state index contributed by atoms with van der Waals surface area (Å²) in [5.74, 6) is 0.659. The quantitative estimate of drug-likeness (QED) is 0.773. The van der Waals surface area contributed by atoms with Crippen molar-refractivity contribution in [3.8, 4) is 11.1 Å². The lowest BCUT2D eigenvalue weighted by atomic mass is 10.0. The van der Waals surface area contributed by atoms with Gasteiger partial charge in [0.15, 0.2) is 0 Å². The lowest BCUT2D eigenvalue weighted by molar-refractivity contribution is 0.0956. The normalized spacial score (nSPS) is 10.8. The first-order chi connectivity index (χ1) is 10.6. The molecule has 0 saturated heterocycles. The monoisotopic (exact) mass is 294 g/mol. The molecule has 0 unspecified atom stereocenters. The molecular formula is C18H18N2O2. The Balaban J connectivity index is 2.04. The molecule has 112 valence electrons. The number of hydrogen-bond donors (Lipinski definition) is 2. The molecule has 4 heteroatoms. The van der Waals surface area contributed by atoms with Crippen molar-refractivity contribution in [2.45, 2.75) is 13.8 Å². The number of anilines is 1. The number of hydrogen-bond acceptors (Lipinski definition) is 3. The van der Waals surface area contributed by atoms with Crippen LogP contribution in [0.5, 0.6) is 0 Å². The van der Waals surface area contributed by atoms with E-state index in [4.69, 9.17) is 10.2 Å². The van der Waals surface area contributed by atoms with Crippen LogP contribution in [0.15, 0.2) is 46.9 Å². The van der Waals surface area contributed by atoms with Crippen molar-refractivity contribution in [1.29, 1.82) is 0 Å². The van der Waals surface area contributed by atoms with Crippen molar-refractivity contribution in [3.63, 3.8) is 0 Å². The van der Waals surface area contributed by atoms with E-state index in [0.717, 1.165) is 27.9 Å². The van der Waals surface area contributed by atoms with Crippen LogP contribution in [0.3, 0.4) is 0 Å². The second-order valence-electron chi connectivity index (χ2n) is 5.22. The van der Waals surface area contributed by atoms with Crippen LogP contribution in [0.25, 0.3) is 22.1 Å². The Labute approximate surface area is 128 Å². The van der Waals surface area contributed by atoms with E-state index in [9.17, 15) is 4.79 Å². The van der Waals surface area contributed by atoms with Crippen LogP contribution in [-0.4, -0.2) is 12.5 Å². The van der Waals surface area contributed by atoms with Crippen LogP contribution in [0.1, 0.15) is 23.0 Å². The Kier molecular flexibility index (Phi) is 3.59. The molecule has 0 spiro atoms. The van der Waals surface area contributed by atoms with E-state index in [1.54, 1.807) is 0 Å². The van der Waals surface area contributed by atoms with E-state index in [0.29, 0.717) is 17.8 Å². The summed E-state index contributed by atoms with van der Waals surface area (Å²) in [5.41, 5.74) is 10.0. The average Bonchev–Trinajstić information content (AvgIpc) is 2.82. The van der Waals surface area contributed by atoms with Gasteiger partial charge in [-0.25, -0.2) is 0 Å². The third-order valence-electron chi connectivity index (χ3n) is 3.71. The van der Waals surface area contributed by atoms with Crippen molar-refractivity contribution < 1.29 is 9.21 Å². The van der Waals surface area contributed by atoms with Gasteiger partial charge in [0.2, 0.25) is 0 Å². The number of nitrogen functional groups attached to an aromatic ring is 1. The van der Waals surface area contributed by atoms with E-state index in [2.05, 4.69) is 5.32 Å². The first-order valence-corrected chi connectivity index (χ1v) is 7.27. The maximum atomic E-state index is 11.9. The topological polar surface area (TPSA) is 68.3 Å². The molecular weight excluding hydrogens is 276 g/mol. The molecule has 2 aromatic carbocycles. The van der Waals surface area contributed by atoms with Crippen LogP contribution >= 0.6 is 0 Å². The van der Waals surface area contributed by atoms with Crippen LogP contribution in [-0.2, 0) is 0 Å². The summed E-state index contributed by atoms with van der Waals surface area (Å²) in [5, 5.41) is 3.72. The van der Waals surface area contributed by atoms with Crippen molar-refractivity contribution >= 4 is 22.6 Å². The minimum absolute atomic E-state index is 0.0662. The van der Waals surface area contributed by atoms with Gasteiger partial charge in [-0.05, 0) is 49.2 Å². The van der Waals surface area contributed by atoms with Gasteiger partial charge in [-0.3, -0.25) is 4.79 Å². The van der Waals surface area contributed by atoms with Crippen molar-refractivity contribution in [2.75, 3.05) is 12.3 Å². The number of carbonyl (C=O) groups excluding carboxylic acids is 1. The first-order valence-electron chi connectivity index (χ1n) is 7.27. The molecule has 1 amide bonds. The molecule has 0 bridgehead atoms. The summed E-state index contributed by atoms with van der Waals surface area (Å²) in [4.78, 5) is 11.9. The lowest BCUT2D eigenvalue weighted by Crippen LogP contribution is -2.22. The van der Waals surface area contributed by atoms with Gasteiger partial charge in [-0.1, -0.05) is 18.2 Å². The molecule has 0 saturated carbocycles. The molecule has 0 aliphatic heterocycles. The van der Waals surface area contributed by atoms with E-state index in [1.165, 1.54) is 0 Å². The molecule has 0 fully saturated rings. The van der Waals surface area contributed by atoms with Crippen LogP contribution < -0.4 is 11.1 Å². The highest BCUT2D eigenvalue weighted by atomic mass is 16.3. The van der Waals surface area contributed by atoms with Gasteiger partial charge < -0.3 is 15.5 Å². The number of nitrogens with two attached hydrogens (primary N) is 1. The zero-order valence-electron chi connectivity index (χ0n) is 12.6. The number of nitrogens with one attached hydrogen (secondary N) is 1. The van der Waals surface area contributed by atoms with Gasteiger partial charge in [0.1, 0.15) is 11.3 Å². The van der Waals surface area contributed by atoms with Gasteiger partial charge in [-0.15, -0.1) is 0 Å². The highest BCUT2D eigenvalue weighted by molar-refractivity contribution is 5.96. The fraction of sp³-hybridized carbons (Fsp3) is 0.167. The summed E-state index contributed by atoms with van der Waals surface area (Å²) in [7, 11) is 0. The van der Waals surface area contributed by atoms with Gasteiger partial charge in [0.25, 0.3) is 5.91 Å². The number of fused-ring (bicyclic) bond motifs is 1. The molecule has 22 heavy (non-hydrogen) atoms. The second kappa shape index (κ2) is 5.56. The van der Waals surface area contributed by atoms with Gasteiger partial charge in [-0.2, -0.15) is 0 Å². The summed E-state index contributed by atoms with van der Waals surface area (Å²) >= 11 is 0. The molecule has 0 aliphatic rings. The van der Waals surface area contributed by atoms with Crippen LogP contribution in [0, 0.1) is 6.92 Å². The molecule has 4 nitrogen and oxygen atoms in total. The van der Waals surface area contributed by atoms with Crippen molar-refractivity contribution in [1.82, 2.24) is 5.32 Å². The van der Waals surface area contributed by atoms with Gasteiger partial charge >= 0.3 is 0 Å². The molecule has 3 rings (SSSR count). The smallest absolute Gasteiger partial charge is 0.251 e. The molecule has 3 aromatic rings. The minimum Gasteiger partial charge on any atom is -0.459 e. The molecule has 0 atom stereocenters. The van der Waals surface area contributed by atoms with Crippen molar-refractivity contribution in [3.05, 3.63) is 53.8 Å². The zero-order chi connectivity index (χ0) is 15.7. The first kappa shape index (κ1) is 14.2. The standard InChI is InChI=1S/C18H18N2O2/c1-3-20-18(21)14-6-4-5-12(9-14)13-7-8-15-16(10-13)22-11(2)17(15)19/h4-10H,3,19H2,1-2H3,(H,20,21). The SMILES string of the molecule is CCNC(=O)c1cccc(-c2ccc3c(N)c(C)oc3c2)c1. The Morgan fingerprint density at radius 2 is 1.95 bits per heavy atom. The number of benzene rings is 2. The Bertz CT molecular complexity index is 849. The van der Waals surface area contributed by atoms with E-state index in [1.807, 2.05) is 56.3 Å². The number of furan rings is 1. The Morgan fingerprint density at radius 3 is 2.73 bits per heavy atom. The third-order valence-corrected chi connectivity index (χ3v) is 3.71. The van der Waals surface area contributed by atoms with E-state index < -0.39 is 0 Å². The largest absolute Gasteiger partial charge is 0.459 e. The van der Waals surface area contributed by atoms with Crippen LogP contribution in [0.4, 0.5) is 5.69 Å². The zero-order valence-corrected chi connectivity index (χ0v) is 12.6. The van der Waals surface area contributed by atoms with Crippen molar-refractivity contribution in [2.24, 2.45) is 0 Å². The lowest BCUT2D eigenvalue weighted by Gasteiger charge is -2.06. The van der Waals surface area contributed by atoms with E-state index in [-0.39, 0.29) is 5.91 Å². The Morgan fingerprint density at radius 1 is 1.18 bits per heavy atom. The molecule has 0 radical (unpaired) electrons. The second-order valence-corrected chi connectivity index (χ2v) is 5.22. The maximum absolute atomic E-state index is 11.9. The average molecular weight is 294 g/mol. The highest BCUT2D eigenvalue weighted by Crippen LogP contribution is 2.31. The fourth-order valence-corrected chi connectivity index (χ4v) is 2.52. The summed E-state index contributed by atoms with van der Waals surface area (Å²) < 4.78 is 5.67. The third kappa shape index (κ3) is 2.44. The molecule has 0 aliphatic carbocycles. The van der Waals surface area contributed by atoms with Gasteiger partial charge in [0, 0.05) is 17.5 Å². The predicted octanol–water partition coefficient (Wildman–Crippen LogP) is 3.74. The molecule has 1 heterocycles. The van der Waals surface area contributed by atoms with Gasteiger partial charge in [0.05, 0.1) is 5.69 Å². The summed E-state index contributed by atoms with van der Waals surface area (Å²) in [6.45, 7) is 4.37. The molecule has 1 aromatic heterocycles. The molecule has 3 N–H and O–H groups in total. The number of carbonyl (C=O) groups is 1. The predicted molar refractivity (Wildman–Crippen MR) is 88.8 cm³/mol. The number of rotatable bonds is 3. The Hall–Kier alpha value is -2.75. The summed E-state index contributed by atoms with van der Waals surface area (Å²) in [6, 6.07) is 13.4. The summed E-state index contributed by atoms with van der Waals surface area (Å²) in [6.07, 6.45) is 0. The fourth-order valence-electron chi connectivity index (χ4n) is 2.52. The van der Waals surface area contributed by atoms with E-state index >= 15 is 0 Å². The highest BCUT2D eigenvalue weighted by Gasteiger charge is 2.10. The minimum atomic E-state index is -0.0662. The number of amides is 1.